The highest BCUT2D eigenvalue weighted by Gasteiger charge is 2.25. The molecule has 0 atom stereocenters. The Morgan fingerprint density at radius 3 is 2.36 bits per heavy atom. The average molecular weight is 512 g/mol. The Morgan fingerprint density at radius 2 is 1.69 bits per heavy atom. The summed E-state index contributed by atoms with van der Waals surface area (Å²) in [6.45, 7) is 6.07. The van der Waals surface area contributed by atoms with Crippen LogP contribution in [0.2, 0.25) is 0 Å². The lowest BCUT2D eigenvalue weighted by Crippen LogP contribution is -2.46. The monoisotopic (exact) mass is 511 g/mol. The van der Waals surface area contributed by atoms with Crippen LogP contribution in [0.25, 0.3) is 5.69 Å². The van der Waals surface area contributed by atoms with E-state index in [0.29, 0.717) is 31.9 Å². The number of pyridine rings is 1. The summed E-state index contributed by atoms with van der Waals surface area (Å²) >= 11 is 0. The summed E-state index contributed by atoms with van der Waals surface area (Å²) in [5, 5.41) is 13.0. The van der Waals surface area contributed by atoms with Gasteiger partial charge in [0.05, 0.1) is 16.8 Å². The maximum Gasteiger partial charge on any atom is 0.270 e. The number of benzene rings is 1. The number of carbonyl (C=O) groups excluding carboxylic acids is 2. The van der Waals surface area contributed by atoms with Gasteiger partial charge in [0, 0.05) is 50.5 Å². The lowest BCUT2D eigenvalue weighted by atomic mass is 10.2. The highest BCUT2D eigenvalue weighted by atomic mass is 32.2. The fraction of sp³-hybridized carbons (Fsp3) is 0.333. The molecule has 2 amide bonds. The number of nitrogens with zero attached hydrogens (tertiary/aromatic N) is 4. The van der Waals surface area contributed by atoms with Crippen LogP contribution in [0, 0.1) is 0 Å². The molecule has 2 aromatic heterocycles. The van der Waals surface area contributed by atoms with Crippen LogP contribution in [0.4, 0.5) is 0 Å². The molecule has 190 valence electrons. The SMILES string of the molecule is CC(C)NC(=O)c1cccc(C(=O)NCc2cnn(-c3ccc(S(=O)(=O)N4CCNCC4)cc3)c2)n1. The van der Waals surface area contributed by atoms with E-state index in [1.807, 2.05) is 13.8 Å². The zero-order valence-electron chi connectivity index (χ0n) is 20.1. The van der Waals surface area contributed by atoms with Gasteiger partial charge in [0.25, 0.3) is 11.8 Å². The molecule has 1 aliphatic rings. The van der Waals surface area contributed by atoms with Gasteiger partial charge in [-0.15, -0.1) is 0 Å². The normalized spacial score (nSPS) is 14.5. The third-order valence-corrected chi connectivity index (χ3v) is 7.45. The van der Waals surface area contributed by atoms with E-state index in [4.69, 9.17) is 0 Å². The van der Waals surface area contributed by atoms with Gasteiger partial charge in [-0.25, -0.2) is 18.1 Å². The van der Waals surface area contributed by atoms with Crippen LogP contribution in [0.15, 0.2) is 59.8 Å². The molecule has 0 saturated carbocycles. The van der Waals surface area contributed by atoms with Crippen molar-refractivity contribution in [3.63, 3.8) is 0 Å². The van der Waals surface area contributed by atoms with Crippen molar-refractivity contribution < 1.29 is 18.0 Å². The molecule has 4 rings (SSSR count). The molecule has 36 heavy (non-hydrogen) atoms. The summed E-state index contributed by atoms with van der Waals surface area (Å²) < 4.78 is 28.7. The van der Waals surface area contributed by atoms with Crippen molar-refractivity contribution in [2.75, 3.05) is 26.2 Å². The second kappa shape index (κ2) is 11.0. The number of amides is 2. The smallest absolute Gasteiger partial charge is 0.270 e. The van der Waals surface area contributed by atoms with E-state index in [2.05, 4.69) is 26.0 Å². The summed E-state index contributed by atoms with van der Waals surface area (Å²) in [7, 11) is -3.53. The number of rotatable bonds is 8. The second-order valence-electron chi connectivity index (χ2n) is 8.66. The molecule has 1 saturated heterocycles. The number of carbonyl (C=O) groups is 2. The number of piperazine rings is 1. The van der Waals surface area contributed by atoms with Crippen molar-refractivity contribution in [3.05, 3.63) is 71.8 Å². The molecule has 12 heteroatoms. The molecule has 0 aliphatic carbocycles. The molecule has 3 N–H and O–H groups in total. The molecule has 1 fully saturated rings. The minimum Gasteiger partial charge on any atom is -0.349 e. The van der Waals surface area contributed by atoms with Gasteiger partial charge >= 0.3 is 0 Å². The van der Waals surface area contributed by atoms with Crippen LogP contribution in [-0.2, 0) is 16.6 Å². The molecule has 3 heterocycles. The van der Waals surface area contributed by atoms with Gasteiger partial charge in [-0.2, -0.15) is 9.40 Å². The number of aromatic nitrogens is 3. The molecule has 0 unspecified atom stereocenters. The van der Waals surface area contributed by atoms with E-state index >= 15 is 0 Å². The fourth-order valence-corrected chi connectivity index (χ4v) is 5.14. The van der Waals surface area contributed by atoms with Crippen LogP contribution in [-0.4, -0.2) is 71.5 Å². The van der Waals surface area contributed by atoms with E-state index < -0.39 is 15.9 Å². The summed E-state index contributed by atoms with van der Waals surface area (Å²) in [6.07, 6.45) is 3.37. The quantitative estimate of drug-likeness (QED) is 0.409. The Labute approximate surface area is 210 Å². The number of sulfonamides is 1. The van der Waals surface area contributed by atoms with E-state index in [1.165, 1.54) is 4.31 Å². The first-order chi connectivity index (χ1) is 17.2. The van der Waals surface area contributed by atoms with Crippen LogP contribution in [0.1, 0.15) is 40.4 Å². The van der Waals surface area contributed by atoms with Crippen molar-refractivity contribution in [1.82, 2.24) is 35.0 Å². The zero-order valence-corrected chi connectivity index (χ0v) is 21.0. The van der Waals surface area contributed by atoms with Gasteiger partial charge in [0.1, 0.15) is 11.4 Å². The van der Waals surface area contributed by atoms with Crippen LogP contribution < -0.4 is 16.0 Å². The Hall–Kier alpha value is -3.61. The molecule has 11 nitrogen and oxygen atoms in total. The van der Waals surface area contributed by atoms with Gasteiger partial charge in [-0.1, -0.05) is 6.07 Å². The second-order valence-corrected chi connectivity index (χ2v) is 10.6. The summed E-state index contributed by atoms with van der Waals surface area (Å²) in [4.78, 5) is 29.1. The summed E-state index contributed by atoms with van der Waals surface area (Å²) in [6, 6.07) is 11.2. The molecule has 0 bridgehead atoms. The van der Waals surface area contributed by atoms with Gasteiger partial charge < -0.3 is 16.0 Å². The van der Waals surface area contributed by atoms with Crippen LogP contribution in [0.5, 0.6) is 0 Å². The van der Waals surface area contributed by atoms with Gasteiger partial charge in [0.2, 0.25) is 10.0 Å². The highest BCUT2D eigenvalue weighted by Crippen LogP contribution is 2.18. The summed E-state index contributed by atoms with van der Waals surface area (Å²) in [5.41, 5.74) is 1.75. The van der Waals surface area contributed by atoms with Gasteiger partial charge in [-0.05, 0) is 50.2 Å². The third-order valence-electron chi connectivity index (χ3n) is 5.54. The molecule has 3 aromatic rings. The Balaban J connectivity index is 1.38. The third kappa shape index (κ3) is 5.96. The van der Waals surface area contributed by atoms with Crippen molar-refractivity contribution in [2.45, 2.75) is 31.3 Å². The van der Waals surface area contributed by atoms with Crippen molar-refractivity contribution in [2.24, 2.45) is 0 Å². The molecule has 1 aromatic carbocycles. The van der Waals surface area contributed by atoms with E-state index in [-0.39, 0.29) is 34.8 Å². The minimum absolute atomic E-state index is 0.0406. The zero-order chi connectivity index (χ0) is 25.7. The Kier molecular flexibility index (Phi) is 7.77. The number of hydrogen-bond acceptors (Lipinski definition) is 7. The topological polar surface area (TPSA) is 138 Å². The van der Waals surface area contributed by atoms with E-state index in [1.54, 1.807) is 59.5 Å². The van der Waals surface area contributed by atoms with Gasteiger partial charge in [-0.3, -0.25) is 9.59 Å². The Morgan fingerprint density at radius 1 is 1.03 bits per heavy atom. The largest absolute Gasteiger partial charge is 0.349 e. The van der Waals surface area contributed by atoms with Crippen molar-refractivity contribution in [1.29, 1.82) is 0 Å². The van der Waals surface area contributed by atoms with Crippen molar-refractivity contribution in [3.8, 4) is 5.69 Å². The lowest BCUT2D eigenvalue weighted by molar-refractivity contribution is 0.0936. The lowest BCUT2D eigenvalue weighted by Gasteiger charge is -2.26. The van der Waals surface area contributed by atoms with E-state index in [9.17, 15) is 18.0 Å². The minimum atomic E-state index is -3.53. The van der Waals surface area contributed by atoms with Gasteiger partial charge in [0.15, 0.2) is 0 Å². The first-order valence-corrected chi connectivity index (χ1v) is 13.1. The maximum atomic E-state index is 12.8. The predicted molar refractivity (Wildman–Crippen MR) is 133 cm³/mol. The Bertz CT molecular complexity index is 1330. The number of nitrogens with one attached hydrogen (secondary N) is 3. The molecular weight excluding hydrogens is 482 g/mol. The standard InChI is InChI=1S/C24H29N7O4S/c1-17(2)28-24(33)22-5-3-4-21(29-22)23(32)26-14-18-15-27-31(16-18)19-6-8-20(9-7-19)36(34,35)30-12-10-25-11-13-30/h3-9,15-17,25H,10-14H2,1-2H3,(H,26,32)(H,28,33). The number of hydrogen-bond donors (Lipinski definition) is 3. The van der Waals surface area contributed by atoms with Crippen LogP contribution >= 0.6 is 0 Å². The first kappa shape index (κ1) is 25.5. The first-order valence-electron chi connectivity index (χ1n) is 11.6. The van der Waals surface area contributed by atoms with Crippen molar-refractivity contribution >= 4 is 21.8 Å². The summed E-state index contributed by atoms with van der Waals surface area (Å²) in [5.74, 6) is -0.753. The highest BCUT2D eigenvalue weighted by molar-refractivity contribution is 7.89. The van der Waals surface area contributed by atoms with Crippen LogP contribution in [0.3, 0.4) is 0 Å². The molecule has 1 aliphatic heterocycles. The van der Waals surface area contributed by atoms with E-state index in [0.717, 1.165) is 5.56 Å². The maximum absolute atomic E-state index is 12.8. The fourth-order valence-electron chi connectivity index (χ4n) is 3.69. The average Bonchev–Trinajstić information content (AvgIpc) is 3.37. The molecular formula is C24H29N7O4S. The predicted octanol–water partition coefficient (Wildman–Crippen LogP) is 0.929. The molecule has 0 spiro atoms. The molecule has 0 radical (unpaired) electrons.